The second kappa shape index (κ2) is 6.41. The zero-order valence-electron chi connectivity index (χ0n) is 11.6. The lowest BCUT2D eigenvalue weighted by Gasteiger charge is -2.10. The van der Waals surface area contributed by atoms with Crippen LogP contribution < -0.4 is 10.6 Å². The first kappa shape index (κ1) is 14.3. The summed E-state index contributed by atoms with van der Waals surface area (Å²) in [7, 11) is 0. The summed E-state index contributed by atoms with van der Waals surface area (Å²) in [6, 6.07) is 10.2. The van der Waals surface area contributed by atoms with Crippen LogP contribution >= 0.6 is 27.3 Å². The van der Waals surface area contributed by atoms with Crippen LogP contribution in [-0.4, -0.2) is 16.5 Å². The number of hydrogen-bond acceptors (Lipinski definition) is 5. The van der Waals surface area contributed by atoms with E-state index >= 15 is 0 Å². The summed E-state index contributed by atoms with van der Waals surface area (Å²) >= 11 is 5.19. The molecule has 4 nitrogen and oxygen atoms in total. The predicted molar refractivity (Wildman–Crippen MR) is 93.0 cm³/mol. The average molecular weight is 363 g/mol. The molecule has 0 saturated carbocycles. The molecular formula is C15H15BrN4S. The molecule has 0 saturated heterocycles. The number of rotatable bonds is 5. The van der Waals surface area contributed by atoms with Gasteiger partial charge in [-0.3, -0.25) is 0 Å². The van der Waals surface area contributed by atoms with Gasteiger partial charge in [0.25, 0.3) is 0 Å². The zero-order valence-corrected chi connectivity index (χ0v) is 14.0. The van der Waals surface area contributed by atoms with Gasteiger partial charge in [-0.25, -0.2) is 4.98 Å². The van der Waals surface area contributed by atoms with Crippen molar-refractivity contribution >= 4 is 49.2 Å². The van der Waals surface area contributed by atoms with Gasteiger partial charge < -0.3 is 10.6 Å². The zero-order chi connectivity index (χ0) is 14.7. The maximum absolute atomic E-state index is 4.57. The van der Waals surface area contributed by atoms with Crippen molar-refractivity contribution in [3.63, 3.8) is 0 Å². The Balaban J connectivity index is 1.89. The van der Waals surface area contributed by atoms with Crippen LogP contribution in [0.3, 0.4) is 0 Å². The Kier molecular flexibility index (Phi) is 4.36. The van der Waals surface area contributed by atoms with E-state index in [0.29, 0.717) is 5.95 Å². The Morgan fingerprint density at radius 2 is 2.00 bits per heavy atom. The molecule has 0 aliphatic rings. The number of halogens is 1. The minimum absolute atomic E-state index is 0.669. The highest BCUT2D eigenvalue weighted by Crippen LogP contribution is 2.27. The smallest absolute Gasteiger partial charge is 0.226 e. The van der Waals surface area contributed by atoms with Crippen LogP contribution in [0, 0.1) is 0 Å². The van der Waals surface area contributed by atoms with E-state index in [0.717, 1.165) is 33.6 Å². The molecule has 0 aliphatic carbocycles. The van der Waals surface area contributed by atoms with Gasteiger partial charge in [0.2, 0.25) is 5.95 Å². The standard InChI is InChI=1S/C15H15BrN4S/c1-2-17-15-19-13(11-7-8-21-14(11)20-15)18-9-10-5-3-4-6-12(10)16/h3-8H,2,9H2,1H3,(H2,17,18,19,20). The molecule has 0 radical (unpaired) electrons. The third kappa shape index (κ3) is 3.16. The number of nitrogens with one attached hydrogen (secondary N) is 2. The van der Waals surface area contributed by atoms with E-state index < -0.39 is 0 Å². The lowest BCUT2D eigenvalue weighted by atomic mass is 10.2. The second-order valence-electron chi connectivity index (χ2n) is 4.51. The molecule has 0 amide bonds. The van der Waals surface area contributed by atoms with E-state index in [4.69, 9.17) is 0 Å². The van der Waals surface area contributed by atoms with Gasteiger partial charge in [0.1, 0.15) is 10.6 Å². The van der Waals surface area contributed by atoms with Gasteiger partial charge in [0.15, 0.2) is 0 Å². The quantitative estimate of drug-likeness (QED) is 0.701. The van der Waals surface area contributed by atoms with Crippen molar-refractivity contribution in [2.45, 2.75) is 13.5 Å². The first-order valence-electron chi connectivity index (χ1n) is 6.74. The SMILES string of the molecule is CCNc1nc(NCc2ccccc2Br)c2ccsc2n1. The molecule has 0 bridgehead atoms. The molecule has 21 heavy (non-hydrogen) atoms. The van der Waals surface area contributed by atoms with Crippen molar-refractivity contribution in [2.75, 3.05) is 17.2 Å². The van der Waals surface area contributed by atoms with Crippen molar-refractivity contribution in [2.24, 2.45) is 0 Å². The fourth-order valence-corrected chi connectivity index (χ4v) is 3.24. The van der Waals surface area contributed by atoms with Crippen molar-refractivity contribution in [3.8, 4) is 0 Å². The van der Waals surface area contributed by atoms with E-state index in [1.807, 2.05) is 30.5 Å². The lowest BCUT2D eigenvalue weighted by Crippen LogP contribution is -2.07. The molecule has 0 aliphatic heterocycles. The first-order valence-corrected chi connectivity index (χ1v) is 8.41. The molecule has 3 aromatic rings. The topological polar surface area (TPSA) is 49.8 Å². The Morgan fingerprint density at radius 1 is 1.14 bits per heavy atom. The summed E-state index contributed by atoms with van der Waals surface area (Å²) in [6.07, 6.45) is 0. The summed E-state index contributed by atoms with van der Waals surface area (Å²) in [6.45, 7) is 3.56. The Morgan fingerprint density at radius 3 is 2.81 bits per heavy atom. The van der Waals surface area contributed by atoms with Gasteiger partial charge in [-0.05, 0) is 30.0 Å². The van der Waals surface area contributed by atoms with Gasteiger partial charge in [-0.1, -0.05) is 34.1 Å². The average Bonchev–Trinajstić information content (AvgIpc) is 2.95. The molecule has 6 heteroatoms. The van der Waals surface area contributed by atoms with Gasteiger partial charge in [-0.2, -0.15) is 4.98 Å². The minimum atomic E-state index is 0.669. The van der Waals surface area contributed by atoms with Crippen molar-refractivity contribution < 1.29 is 0 Å². The summed E-state index contributed by atoms with van der Waals surface area (Å²) in [5.41, 5.74) is 1.20. The molecule has 2 aromatic heterocycles. The van der Waals surface area contributed by atoms with E-state index in [9.17, 15) is 0 Å². The molecule has 0 unspecified atom stereocenters. The highest BCUT2D eigenvalue weighted by atomic mass is 79.9. The van der Waals surface area contributed by atoms with Crippen LogP contribution in [0.5, 0.6) is 0 Å². The summed E-state index contributed by atoms with van der Waals surface area (Å²) in [5.74, 6) is 1.54. The fraction of sp³-hybridized carbons (Fsp3) is 0.200. The number of anilines is 2. The molecule has 0 spiro atoms. The van der Waals surface area contributed by atoms with Crippen molar-refractivity contribution in [1.82, 2.24) is 9.97 Å². The molecule has 3 rings (SSSR count). The van der Waals surface area contributed by atoms with Crippen LogP contribution in [-0.2, 0) is 6.54 Å². The number of thiophene rings is 1. The minimum Gasteiger partial charge on any atom is -0.365 e. The summed E-state index contributed by atoms with van der Waals surface area (Å²) < 4.78 is 1.10. The van der Waals surface area contributed by atoms with Gasteiger partial charge in [-0.15, -0.1) is 11.3 Å². The normalized spacial score (nSPS) is 10.8. The second-order valence-corrected chi connectivity index (χ2v) is 6.26. The first-order chi connectivity index (χ1) is 10.3. The highest BCUT2D eigenvalue weighted by molar-refractivity contribution is 9.10. The van der Waals surface area contributed by atoms with Gasteiger partial charge >= 0.3 is 0 Å². The molecule has 2 heterocycles. The Bertz CT molecular complexity index is 756. The number of hydrogen-bond donors (Lipinski definition) is 2. The monoisotopic (exact) mass is 362 g/mol. The Labute approximate surface area is 135 Å². The lowest BCUT2D eigenvalue weighted by molar-refractivity contribution is 1.07. The van der Waals surface area contributed by atoms with E-state index in [1.54, 1.807) is 11.3 Å². The number of nitrogens with zero attached hydrogens (tertiary/aromatic N) is 2. The van der Waals surface area contributed by atoms with Crippen LogP contribution in [0.4, 0.5) is 11.8 Å². The third-order valence-electron chi connectivity index (χ3n) is 3.06. The summed E-state index contributed by atoms with van der Waals surface area (Å²) in [5, 5.41) is 9.69. The largest absolute Gasteiger partial charge is 0.365 e. The van der Waals surface area contributed by atoms with Crippen LogP contribution in [0.25, 0.3) is 10.2 Å². The molecule has 2 N–H and O–H groups in total. The molecular weight excluding hydrogens is 348 g/mol. The maximum Gasteiger partial charge on any atom is 0.226 e. The molecule has 0 atom stereocenters. The number of fused-ring (bicyclic) bond motifs is 1. The maximum atomic E-state index is 4.57. The third-order valence-corrected chi connectivity index (χ3v) is 4.64. The van der Waals surface area contributed by atoms with Crippen LogP contribution in [0.1, 0.15) is 12.5 Å². The molecule has 1 aromatic carbocycles. The van der Waals surface area contributed by atoms with E-state index in [-0.39, 0.29) is 0 Å². The number of benzene rings is 1. The highest BCUT2D eigenvalue weighted by Gasteiger charge is 2.09. The van der Waals surface area contributed by atoms with Crippen LogP contribution in [0.15, 0.2) is 40.2 Å². The van der Waals surface area contributed by atoms with Crippen LogP contribution in [0.2, 0.25) is 0 Å². The molecule has 108 valence electrons. The fourth-order valence-electron chi connectivity index (χ4n) is 2.05. The van der Waals surface area contributed by atoms with Crippen molar-refractivity contribution in [3.05, 3.63) is 45.7 Å². The number of aromatic nitrogens is 2. The van der Waals surface area contributed by atoms with E-state index in [2.05, 4.69) is 48.7 Å². The van der Waals surface area contributed by atoms with E-state index in [1.165, 1.54) is 5.56 Å². The molecule has 0 fully saturated rings. The Hall–Kier alpha value is -1.66. The van der Waals surface area contributed by atoms with Gasteiger partial charge in [0.05, 0.1) is 5.39 Å². The summed E-state index contributed by atoms with van der Waals surface area (Å²) in [4.78, 5) is 10.1. The van der Waals surface area contributed by atoms with Gasteiger partial charge in [0, 0.05) is 17.6 Å². The van der Waals surface area contributed by atoms with Crippen molar-refractivity contribution in [1.29, 1.82) is 0 Å². The predicted octanol–water partition coefficient (Wildman–Crippen LogP) is 4.50.